The van der Waals surface area contributed by atoms with Gasteiger partial charge in [0.05, 0.1) is 18.5 Å². The Balaban J connectivity index is 1.73. The monoisotopic (exact) mass is 381 g/mol. The van der Waals surface area contributed by atoms with E-state index in [4.69, 9.17) is 21.4 Å². The van der Waals surface area contributed by atoms with Crippen LogP contribution in [0.4, 0.5) is 8.78 Å². The quantitative estimate of drug-likeness (QED) is 0.706. The molecular weight excluding hydrogens is 368 g/mol. The van der Waals surface area contributed by atoms with E-state index in [1.807, 2.05) is 0 Å². The summed E-state index contributed by atoms with van der Waals surface area (Å²) in [6, 6.07) is 4.33. The summed E-state index contributed by atoms with van der Waals surface area (Å²) in [6.45, 7) is 0.665. The Bertz CT molecular complexity index is 896. The number of aromatic nitrogens is 5. The van der Waals surface area contributed by atoms with Crippen molar-refractivity contribution in [3.8, 4) is 11.7 Å². The van der Waals surface area contributed by atoms with Gasteiger partial charge in [-0.2, -0.15) is 0 Å². The number of hydrogen-bond acceptors (Lipinski definition) is 6. The van der Waals surface area contributed by atoms with E-state index in [1.54, 1.807) is 12.3 Å². The second-order valence-corrected chi connectivity index (χ2v) is 5.93. The van der Waals surface area contributed by atoms with Crippen LogP contribution in [0.5, 0.6) is 6.01 Å². The third-order valence-electron chi connectivity index (χ3n) is 3.44. The Labute approximate surface area is 152 Å². The van der Waals surface area contributed by atoms with Gasteiger partial charge in [0, 0.05) is 35.5 Å². The van der Waals surface area contributed by atoms with Crippen molar-refractivity contribution in [1.29, 1.82) is 0 Å². The van der Waals surface area contributed by atoms with Crippen molar-refractivity contribution in [2.24, 2.45) is 0 Å². The Morgan fingerprint density at radius 2 is 2.00 bits per heavy atom. The molecule has 2 aromatic heterocycles. The van der Waals surface area contributed by atoms with E-state index in [1.165, 1.54) is 29.2 Å². The lowest BCUT2D eigenvalue weighted by Crippen LogP contribution is -2.09. The Morgan fingerprint density at radius 1 is 1.27 bits per heavy atom. The first-order valence-corrected chi connectivity index (χ1v) is 7.88. The SMILES string of the molecule is CC(F)(F)c1cc(-n2cc(COc3ncc(CO)cn3)nn2)ccc1Cl. The van der Waals surface area contributed by atoms with E-state index >= 15 is 0 Å². The van der Waals surface area contributed by atoms with Gasteiger partial charge in [-0.05, 0) is 18.2 Å². The van der Waals surface area contributed by atoms with Crippen LogP contribution >= 0.6 is 11.6 Å². The molecule has 0 aliphatic rings. The Morgan fingerprint density at radius 3 is 2.65 bits per heavy atom. The number of aliphatic hydroxyl groups excluding tert-OH is 1. The van der Waals surface area contributed by atoms with Crippen molar-refractivity contribution < 1.29 is 18.6 Å². The van der Waals surface area contributed by atoms with E-state index in [9.17, 15) is 8.78 Å². The van der Waals surface area contributed by atoms with Gasteiger partial charge in [-0.25, -0.2) is 23.4 Å². The molecule has 0 spiro atoms. The van der Waals surface area contributed by atoms with Crippen molar-refractivity contribution in [2.75, 3.05) is 0 Å². The van der Waals surface area contributed by atoms with Crippen LogP contribution < -0.4 is 4.74 Å². The van der Waals surface area contributed by atoms with Gasteiger partial charge in [0.2, 0.25) is 0 Å². The minimum atomic E-state index is -3.07. The predicted molar refractivity (Wildman–Crippen MR) is 88.2 cm³/mol. The molecule has 3 aromatic rings. The number of hydrogen-bond donors (Lipinski definition) is 1. The van der Waals surface area contributed by atoms with Gasteiger partial charge in [-0.3, -0.25) is 0 Å². The summed E-state index contributed by atoms with van der Waals surface area (Å²) in [7, 11) is 0. The fourth-order valence-electron chi connectivity index (χ4n) is 2.12. The topological polar surface area (TPSA) is 86.0 Å². The molecule has 1 N–H and O–H groups in total. The van der Waals surface area contributed by atoms with Gasteiger partial charge in [0.25, 0.3) is 5.92 Å². The van der Waals surface area contributed by atoms with Gasteiger partial charge in [-0.1, -0.05) is 16.8 Å². The summed E-state index contributed by atoms with van der Waals surface area (Å²) in [5.74, 6) is -3.07. The van der Waals surface area contributed by atoms with E-state index < -0.39 is 5.92 Å². The Kier molecular flexibility index (Phi) is 5.10. The maximum atomic E-state index is 13.6. The molecule has 10 heteroatoms. The molecule has 0 aliphatic carbocycles. The molecule has 2 heterocycles. The molecule has 0 unspecified atom stereocenters. The minimum Gasteiger partial charge on any atom is -0.457 e. The molecule has 0 atom stereocenters. The molecule has 26 heavy (non-hydrogen) atoms. The zero-order valence-corrected chi connectivity index (χ0v) is 14.4. The summed E-state index contributed by atoms with van der Waals surface area (Å²) >= 11 is 5.84. The molecule has 0 aliphatic heterocycles. The molecule has 0 fully saturated rings. The largest absolute Gasteiger partial charge is 0.457 e. The lowest BCUT2D eigenvalue weighted by atomic mass is 10.1. The maximum Gasteiger partial charge on any atom is 0.316 e. The maximum absolute atomic E-state index is 13.6. The highest BCUT2D eigenvalue weighted by Gasteiger charge is 2.27. The van der Waals surface area contributed by atoms with Gasteiger partial charge >= 0.3 is 6.01 Å². The highest BCUT2D eigenvalue weighted by atomic mass is 35.5. The van der Waals surface area contributed by atoms with E-state index in [-0.39, 0.29) is 29.8 Å². The van der Waals surface area contributed by atoms with E-state index in [2.05, 4.69) is 20.3 Å². The standard InChI is InChI=1S/C16H14ClF2N5O2/c1-16(18,19)13-4-12(2-3-14(13)17)24-7-11(22-23-24)9-26-15-20-5-10(8-25)6-21-15/h2-7,25H,8-9H2,1H3. The molecule has 0 amide bonds. The molecule has 1 aromatic carbocycles. The minimum absolute atomic E-state index is 0.0200. The first-order valence-electron chi connectivity index (χ1n) is 7.51. The molecule has 0 bridgehead atoms. The summed E-state index contributed by atoms with van der Waals surface area (Å²) < 4.78 is 33.9. The number of halogens is 3. The number of rotatable bonds is 6. The number of aliphatic hydroxyl groups is 1. The van der Waals surface area contributed by atoms with Crippen LogP contribution in [0.2, 0.25) is 5.02 Å². The molecule has 0 radical (unpaired) electrons. The summed E-state index contributed by atoms with van der Waals surface area (Å²) in [4.78, 5) is 7.86. The smallest absolute Gasteiger partial charge is 0.316 e. The Hall–Kier alpha value is -2.65. The molecule has 7 nitrogen and oxygen atoms in total. The van der Waals surface area contributed by atoms with Crippen molar-refractivity contribution in [1.82, 2.24) is 25.0 Å². The summed E-state index contributed by atoms with van der Waals surface area (Å²) in [6.07, 6.45) is 4.43. The van der Waals surface area contributed by atoms with Crippen molar-refractivity contribution in [3.63, 3.8) is 0 Å². The normalized spacial score (nSPS) is 11.6. The average Bonchev–Trinajstić information content (AvgIpc) is 3.09. The fourth-order valence-corrected chi connectivity index (χ4v) is 2.40. The zero-order valence-electron chi connectivity index (χ0n) is 13.6. The number of benzene rings is 1. The van der Waals surface area contributed by atoms with Gasteiger partial charge in [-0.15, -0.1) is 5.10 Å². The van der Waals surface area contributed by atoms with Gasteiger partial charge in [0.15, 0.2) is 0 Å². The summed E-state index contributed by atoms with van der Waals surface area (Å²) in [5.41, 5.74) is 1.13. The molecule has 3 rings (SSSR count). The molecular formula is C16H14ClF2N5O2. The van der Waals surface area contributed by atoms with Crippen LogP contribution in [0.15, 0.2) is 36.8 Å². The van der Waals surface area contributed by atoms with Crippen LogP contribution in [0.1, 0.15) is 23.7 Å². The average molecular weight is 382 g/mol. The second kappa shape index (κ2) is 7.30. The zero-order chi connectivity index (χ0) is 18.7. The van der Waals surface area contributed by atoms with Crippen LogP contribution in [-0.2, 0) is 19.1 Å². The van der Waals surface area contributed by atoms with Crippen LogP contribution in [0, 0.1) is 0 Å². The molecule has 0 saturated carbocycles. The van der Waals surface area contributed by atoms with E-state index in [0.29, 0.717) is 16.9 Å². The third-order valence-corrected chi connectivity index (χ3v) is 3.77. The second-order valence-electron chi connectivity index (χ2n) is 5.53. The predicted octanol–water partition coefficient (Wildman–Crippen LogP) is 2.89. The summed E-state index contributed by atoms with van der Waals surface area (Å²) in [5, 5.41) is 16.7. The third kappa shape index (κ3) is 4.12. The van der Waals surface area contributed by atoms with Crippen molar-refractivity contribution in [2.45, 2.75) is 26.1 Å². The van der Waals surface area contributed by atoms with Gasteiger partial charge in [0.1, 0.15) is 12.3 Å². The highest BCUT2D eigenvalue weighted by molar-refractivity contribution is 6.31. The van der Waals surface area contributed by atoms with Crippen LogP contribution in [-0.4, -0.2) is 30.1 Å². The number of alkyl halides is 2. The van der Waals surface area contributed by atoms with E-state index in [0.717, 1.165) is 6.92 Å². The molecule has 136 valence electrons. The fraction of sp³-hybridized carbons (Fsp3) is 0.250. The lowest BCUT2D eigenvalue weighted by molar-refractivity contribution is 0.0176. The van der Waals surface area contributed by atoms with Crippen molar-refractivity contribution in [3.05, 3.63) is 58.6 Å². The first-order chi connectivity index (χ1) is 12.4. The first kappa shape index (κ1) is 18.2. The number of ether oxygens (including phenoxy) is 1. The van der Waals surface area contributed by atoms with Gasteiger partial charge < -0.3 is 9.84 Å². The molecule has 0 saturated heterocycles. The highest BCUT2D eigenvalue weighted by Crippen LogP contribution is 2.34. The lowest BCUT2D eigenvalue weighted by Gasteiger charge is -2.13. The van der Waals surface area contributed by atoms with Crippen LogP contribution in [0.25, 0.3) is 5.69 Å². The van der Waals surface area contributed by atoms with Crippen LogP contribution in [0.3, 0.4) is 0 Å². The van der Waals surface area contributed by atoms with Crippen molar-refractivity contribution >= 4 is 11.6 Å². The number of nitrogens with zero attached hydrogens (tertiary/aromatic N) is 5.